The van der Waals surface area contributed by atoms with Crippen LogP contribution in [0.25, 0.3) is 0 Å². The van der Waals surface area contributed by atoms with E-state index >= 15 is 0 Å². The largest absolute Gasteiger partial charge is 0.378 e. The number of nitrogens with zero attached hydrogens (tertiary/aromatic N) is 4. The number of rotatable bonds is 2. The van der Waals surface area contributed by atoms with Crippen molar-refractivity contribution in [2.45, 2.75) is 18.8 Å². The van der Waals surface area contributed by atoms with Crippen molar-refractivity contribution in [2.75, 3.05) is 33.4 Å². The van der Waals surface area contributed by atoms with Gasteiger partial charge in [-0.25, -0.2) is 9.79 Å². The van der Waals surface area contributed by atoms with Crippen LogP contribution in [0.5, 0.6) is 0 Å². The van der Waals surface area contributed by atoms with Crippen LogP contribution in [0.4, 0.5) is 4.79 Å². The van der Waals surface area contributed by atoms with Crippen molar-refractivity contribution in [3.63, 3.8) is 0 Å². The number of imide groups is 1. The highest BCUT2D eigenvalue weighted by atomic mass is 35.5. The van der Waals surface area contributed by atoms with E-state index in [4.69, 9.17) is 21.3 Å². The second-order valence-electron chi connectivity index (χ2n) is 6.51. The van der Waals surface area contributed by atoms with E-state index in [9.17, 15) is 9.59 Å². The van der Waals surface area contributed by atoms with E-state index in [1.807, 2.05) is 29.2 Å². The number of hydrogen-bond acceptors (Lipinski definition) is 6. The van der Waals surface area contributed by atoms with Crippen molar-refractivity contribution in [1.29, 1.82) is 0 Å². The highest BCUT2D eigenvalue weighted by Crippen LogP contribution is 2.29. The van der Waals surface area contributed by atoms with Crippen LogP contribution in [0.2, 0.25) is 5.02 Å². The van der Waals surface area contributed by atoms with E-state index in [0.717, 1.165) is 5.56 Å². The van der Waals surface area contributed by atoms with Crippen molar-refractivity contribution >= 4 is 29.5 Å². The van der Waals surface area contributed by atoms with Crippen molar-refractivity contribution in [1.82, 2.24) is 20.0 Å². The third kappa shape index (κ3) is 2.89. The summed E-state index contributed by atoms with van der Waals surface area (Å²) in [4.78, 5) is 34.8. The highest BCUT2D eigenvalue weighted by molar-refractivity contribution is 6.31. The molecule has 138 valence electrons. The van der Waals surface area contributed by atoms with Gasteiger partial charge in [0.1, 0.15) is 0 Å². The van der Waals surface area contributed by atoms with Crippen LogP contribution in [-0.4, -0.2) is 78.2 Å². The molecule has 0 spiro atoms. The molecule has 1 N–H and O–H groups in total. The zero-order chi connectivity index (χ0) is 18.3. The van der Waals surface area contributed by atoms with E-state index < -0.39 is 18.2 Å². The SMILES string of the molecule is CN1C(=O)NC(=O)C2C1N=C(N1CCOCC1)N2Cc1ccccc1Cl. The van der Waals surface area contributed by atoms with Crippen LogP contribution >= 0.6 is 11.6 Å². The van der Waals surface area contributed by atoms with Gasteiger partial charge in [-0.2, -0.15) is 0 Å². The molecule has 1 aromatic rings. The number of urea groups is 1. The fourth-order valence-electron chi connectivity index (χ4n) is 3.52. The van der Waals surface area contributed by atoms with Gasteiger partial charge in [-0.05, 0) is 11.6 Å². The summed E-state index contributed by atoms with van der Waals surface area (Å²) in [5.41, 5.74) is 0.906. The van der Waals surface area contributed by atoms with Gasteiger partial charge in [0.05, 0.1) is 13.2 Å². The predicted octanol–water partition coefficient (Wildman–Crippen LogP) is 0.720. The van der Waals surface area contributed by atoms with Gasteiger partial charge in [-0.1, -0.05) is 29.8 Å². The molecule has 2 atom stereocenters. The number of hydrogen-bond donors (Lipinski definition) is 1. The van der Waals surface area contributed by atoms with Gasteiger partial charge in [-0.3, -0.25) is 10.1 Å². The Balaban J connectivity index is 1.69. The Bertz CT molecular complexity index is 765. The average molecular weight is 378 g/mol. The van der Waals surface area contributed by atoms with Crippen LogP contribution in [-0.2, 0) is 16.1 Å². The number of aliphatic imine (C=N–C) groups is 1. The quantitative estimate of drug-likeness (QED) is 0.821. The Kier molecular flexibility index (Phi) is 4.46. The Morgan fingerprint density at radius 1 is 1.27 bits per heavy atom. The van der Waals surface area contributed by atoms with Crippen LogP contribution in [0.1, 0.15) is 5.56 Å². The first-order valence-electron chi connectivity index (χ1n) is 8.54. The molecule has 0 aliphatic carbocycles. The number of carbonyl (C=O) groups is 2. The van der Waals surface area contributed by atoms with Crippen LogP contribution in [0, 0.1) is 0 Å². The molecule has 2 saturated heterocycles. The van der Waals surface area contributed by atoms with Crippen molar-refractivity contribution in [3.05, 3.63) is 34.9 Å². The number of fused-ring (bicyclic) bond motifs is 1. The van der Waals surface area contributed by atoms with Gasteiger partial charge in [0.15, 0.2) is 18.2 Å². The number of benzene rings is 1. The minimum absolute atomic E-state index is 0.336. The minimum atomic E-state index is -0.577. The molecule has 0 bridgehead atoms. The molecule has 4 rings (SSSR count). The lowest BCUT2D eigenvalue weighted by Gasteiger charge is -2.38. The van der Waals surface area contributed by atoms with Crippen molar-refractivity contribution in [2.24, 2.45) is 4.99 Å². The van der Waals surface area contributed by atoms with Crippen LogP contribution in [0.3, 0.4) is 0 Å². The number of nitrogens with one attached hydrogen (secondary N) is 1. The summed E-state index contributed by atoms with van der Waals surface area (Å²) in [5, 5.41) is 3.05. The summed E-state index contributed by atoms with van der Waals surface area (Å²) in [6, 6.07) is 6.54. The van der Waals surface area contributed by atoms with Crippen molar-refractivity contribution < 1.29 is 14.3 Å². The molecule has 8 nitrogen and oxygen atoms in total. The summed E-state index contributed by atoms with van der Waals surface area (Å²) in [7, 11) is 1.65. The van der Waals surface area contributed by atoms with Gasteiger partial charge in [0, 0.05) is 31.7 Å². The lowest BCUT2D eigenvalue weighted by molar-refractivity contribution is -0.127. The molecule has 3 amide bonds. The molecule has 2 unspecified atom stereocenters. The van der Waals surface area contributed by atoms with Gasteiger partial charge < -0.3 is 19.4 Å². The zero-order valence-corrected chi connectivity index (χ0v) is 15.1. The summed E-state index contributed by atoms with van der Waals surface area (Å²) in [6.45, 7) is 3.03. The van der Waals surface area contributed by atoms with Gasteiger partial charge in [0.25, 0.3) is 5.91 Å². The van der Waals surface area contributed by atoms with Crippen molar-refractivity contribution in [3.8, 4) is 0 Å². The molecular formula is C17H20ClN5O3. The molecule has 1 aromatic carbocycles. The second-order valence-corrected chi connectivity index (χ2v) is 6.92. The lowest BCUT2D eigenvalue weighted by atomic mass is 10.1. The third-order valence-electron chi connectivity index (χ3n) is 4.93. The van der Waals surface area contributed by atoms with E-state index in [1.54, 1.807) is 7.05 Å². The van der Waals surface area contributed by atoms with Crippen LogP contribution in [0.15, 0.2) is 29.3 Å². The number of morpholine rings is 1. The summed E-state index contributed by atoms with van der Waals surface area (Å²) in [6.07, 6.45) is -0.545. The number of guanidine groups is 1. The molecule has 0 aromatic heterocycles. The summed E-state index contributed by atoms with van der Waals surface area (Å²) < 4.78 is 5.43. The first-order valence-corrected chi connectivity index (χ1v) is 8.92. The smallest absolute Gasteiger partial charge is 0.325 e. The average Bonchev–Trinajstić information content (AvgIpc) is 3.02. The monoisotopic (exact) mass is 377 g/mol. The van der Waals surface area contributed by atoms with Gasteiger partial charge >= 0.3 is 6.03 Å². The first kappa shape index (κ1) is 17.1. The zero-order valence-electron chi connectivity index (χ0n) is 14.4. The maximum Gasteiger partial charge on any atom is 0.325 e. The molecular weight excluding hydrogens is 358 g/mol. The lowest BCUT2D eigenvalue weighted by Crippen LogP contribution is -2.64. The van der Waals surface area contributed by atoms with E-state index in [-0.39, 0.29) is 5.91 Å². The number of carbonyl (C=O) groups excluding carboxylic acids is 2. The summed E-state index contributed by atoms with van der Waals surface area (Å²) >= 11 is 6.33. The Hall–Kier alpha value is -2.32. The Labute approximate surface area is 156 Å². The number of amides is 3. The minimum Gasteiger partial charge on any atom is -0.378 e. The fraction of sp³-hybridized carbons (Fsp3) is 0.471. The third-order valence-corrected chi connectivity index (χ3v) is 5.30. The van der Waals surface area contributed by atoms with E-state index in [2.05, 4.69) is 10.2 Å². The standard InChI is InChI=1S/C17H20ClN5O3/c1-21-14-13(15(24)20-17(21)25)23(10-11-4-2-3-5-12(11)18)16(19-14)22-6-8-26-9-7-22/h2-5,13-14H,6-10H2,1H3,(H,20,24,25). The molecule has 0 radical (unpaired) electrons. The maximum absolute atomic E-state index is 12.6. The maximum atomic E-state index is 12.6. The summed E-state index contributed by atoms with van der Waals surface area (Å²) in [5.74, 6) is 0.372. The molecule has 3 heterocycles. The van der Waals surface area contributed by atoms with E-state index in [1.165, 1.54) is 4.90 Å². The van der Waals surface area contributed by atoms with Crippen LogP contribution < -0.4 is 5.32 Å². The Morgan fingerprint density at radius 2 is 2.00 bits per heavy atom. The number of likely N-dealkylation sites (N-methyl/N-ethyl adjacent to an activating group) is 1. The van der Waals surface area contributed by atoms with E-state index in [0.29, 0.717) is 43.8 Å². The fourth-order valence-corrected chi connectivity index (χ4v) is 3.71. The highest BCUT2D eigenvalue weighted by Gasteiger charge is 2.49. The number of ether oxygens (including phenoxy) is 1. The number of halogens is 1. The predicted molar refractivity (Wildman–Crippen MR) is 95.7 cm³/mol. The molecule has 3 aliphatic heterocycles. The topological polar surface area (TPSA) is 77.5 Å². The molecule has 3 aliphatic rings. The molecule has 9 heteroatoms. The molecule has 0 saturated carbocycles. The molecule has 2 fully saturated rings. The Morgan fingerprint density at radius 3 is 2.73 bits per heavy atom. The van der Waals surface area contributed by atoms with Gasteiger partial charge in [0.2, 0.25) is 0 Å². The van der Waals surface area contributed by atoms with Gasteiger partial charge in [-0.15, -0.1) is 0 Å². The first-order chi connectivity index (χ1) is 12.6. The molecule has 26 heavy (non-hydrogen) atoms. The normalized spacial score (nSPS) is 25.9. The second kappa shape index (κ2) is 6.77.